The number of likely N-dealkylation sites (tertiary alicyclic amines) is 1. The second-order valence-corrected chi connectivity index (χ2v) is 8.30. The highest BCUT2D eigenvalue weighted by Gasteiger charge is 2.44. The molecule has 2 fully saturated rings. The first-order chi connectivity index (χ1) is 16.5. The highest BCUT2D eigenvalue weighted by molar-refractivity contribution is 6.46. The minimum atomic E-state index is -0.815. The molecule has 34 heavy (non-hydrogen) atoms. The van der Waals surface area contributed by atoms with Crippen molar-refractivity contribution in [3.8, 4) is 11.5 Å². The zero-order valence-electron chi connectivity index (χ0n) is 18.9. The van der Waals surface area contributed by atoms with Gasteiger partial charge in [0.1, 0.15) is 31.2 Å². The Kier molecular flexibility index (Phi) is 7.30. The molecule has 2 aliphatic rings. The van der Waals surface area contributed by atoms with Crippen LogP contribution in [0.25, 0.3) is 5.76 Å². The second kappa shape index (κ2) is 10.5. The summed E-state index contributed by atoms with van der Waals surface area (Å²) >= 11 is 0. The van der Waals surface area contributed by atoms with E-state index in [4.69, 9.17) is 9.47 Å². The highest BCUT2D eigenvalue weighted by Crippen LogP contribution is 2.38. The molecule has 2 heterocycles. The predicted molar refractivity (Wildman–Crippen MR) is 123 cm³/mol. The van der Waals surface area contributed by atoms with Gasteiger partial charge in [-0.05, 0) is 35.4 Å². The van der Waals surface area contributed by atoms with Crippen molar-refractivity contribution < 1.29 is 34.2 Å². The van der Waals surface area contributed by atoms with E-state index < -0.39 is 23.5 Å². The Morgan fingerprint density at radius 3 is 2.47 bits per heavy atom. The fourth-order valence-electron chi connectivity index (χ4n) is 4.31. The fraction of sp³-hybridized carbons (Fsp3) is 0.308. The lowest BCUT2D eigenvalue weighted by atomic mass is 9.95. The number of hydrogen-bond acceptors (Lipinski definition) is 6. The fourth-order valence-corrected chi connectivity index (χ4v) is 4.31. The lowest BCUT2D eigenvalue weighted by molar-refractivity contribution is -0.907. The summed E-state index contributed by atoms with van der Waals surface area (Å²) < 4.78 is 10.9. The van der Waals surface area contributed by atoms with Crippen LogP contribution in [0.15, 0.2) is 66.8 Å². The maximum absolute atomic E-state index is 13.5. The van der Waals surface area contributed by atoms with Crippen molar-refractivity contribution in [2.45, 2.75) is 6.04 Å². The Bertz CT molecular complexity index is 1070. The van der Waals surface area contributed by atoms with Gasteiger partial charge in [-0.3, -0.25) is 9.59 Å². The number of ketones is 1. The van der Waals surface area contributed by atoms with Gasteiger partial charge in [-0.1, -0.05) is 42.7 Å². The number of rotatable bonds is 8. The molecule has 0 radical (unpaired) electrons. The highest BCUT2D eigenvalue weighted by atomic mass is 16.5. The number of benzene rings is 2. The molecule has 8 nitrogen and oxygen atoms in total. The first-order valence-electron chi connectivity index (χ1n) is 11.3. The summed E-state index contributed by atoms with van der Waals surface area (Å²) in [6.07, 6.45) is 1.62. The number of Topliss-reactive ketones (excluding diaryl/α,β-unsaturated/α-hetero) is 1. The van der Waals surface area contributed by atoms with E-state index in [9.17, 15) is 19.8 Å². The number of phenolic OH excluding ortho intramolecular Hbond substituents is 1. The van der Waals surface area contributed by atoms with Crippen LogP contribution >= 0.6 is 0 Å². The Labute approximate surface area is 198 Å². The lowest BCUT2D eigenvalue weighted by Gasteiger charge is -2.30. The van der Waals surface area contributed by atoms with E-state index in [1.165, 1.54) is 21.9 Å². The van der Waals surface area contributed by atoms with Gasteiger partial charge < -0.3 is 29.5 Å². The third-order valence-corrected chi connectivity index (χ3v) is 6.13. The van der Waals surface area contributed by atoms with Crippen LogP contribution in [0.5, 0.6) is 11.5 Å². The molecule has 2 N–H and O–H groups in total. The minimum absolute atomic E-state index is 0.0618. The van der Waals surface area contributed by atoms with E-state index in [0.29, 0.717) is 49.8 Å². The SMILES string of the molecule is C=CCOc1ccc(/C([O-])=C2\C(=O)C(=O)N(CC[NH+]3CCOCC3)C2c2ccc(O)cc2)cc1. The van der Waals surface area contributed by atoms with Crippen molar-refractivity contribution in [3.63, 3.8) is 0 Å². The number of phenols is 1. The summed E-state index contributed by atoms with van der Waals surface area (Å²) in [6, 6.07) is 11.9. The summed E-state index contributed by atoms with van der Waals surface area (Å²) in [7, 11) is 0. The molecule has 4 rings (SSSR count). The van der Waals surface area contributed by atoms with Crippen LogP contribution < -0.4 is 14.7 Å². The summed E-state index contributed by atoms with van der Waals surface area (Å²) in [5, 5.41) is 23.2. The Morgan fingerprint density at radius 2 is 1.82 bits per heavy atom. The van der Waals surface area contributed by atoms with Crippen LogP contribution in [0.3, 0.4) is 0 Å². The van der Waals surface area contributed by atoms with Crippen LogP contribution in [0.4, 0.5) is 0 Å². The Morgan fingerprint density at radius 1 is 1.15 bits per heavy atom. The first kappa shape index (κ1) is 23.5. The maximum Gasteiger partial charge on any atom is 0.295 e. The molecule has 2 aromatic rings. The number of nitrogens with zero attached hydrogens (tertiary/aromatic N) is 1. The summed E-state index contributed by atoms with van der Waals surface area (Å²) in [5.74, 6) is -1.33. The molecular formula is C26H28N2O6. The van der Waals surface area contributed by atoms with Crippen LogP contribution in [-0.2, 0) is 14.3 Å². The maximum atomic E-state index is 13.5. The van der Waals surface area contributed by atoms with Crippen molar-refractivity contribution in [2.24, 2.45) is 0 Å². The van der Waals surface area contributed by atoms with Gasteiger partial charge in [0.2, 0.25) is 5.78 Å². The summed E-state index contributed by atoms with van der Waals surface area (Å²) in [4.78, 5) is 28.9. The first-order valence-corrected chi connectivity index (χ1v) is 11.3. The smallest absolute Gasteiger partial charge is 0.295 e. The monoisotopic (exact) mass is 464 g/mol. The van der Waals surface area contributed by atoms with Gasteiger partial charge in [0.25, 0.3) is 5.91 Å². The van der Waals surface area contributed by atoms with Crippen molar-refractivity contribution in [1.82, 2.24) is 4.90 Å². The van der Waals surface area contributed by atoms with Crippen molar-refractivity contribution in [1.29, 1.82) is 0 Å². The van der Waals surface area contributed by atoms with E-state index in [2.05, 4.69) is 6.58 Å². The topological polar surface area (TPSA) is 104 Å². The number of carbonyl (C=O) groups excluding carboxylic acids is 2. The predicted octanol–water partition coefficient (Wildman–Crippen LogP) is 0.0961. The van der Waals surface area contributed by atoms with Gasteiger partial charge in [-0.25, -0.2) is 0 Å². The van der Waals surface area contributed by atoms with Crippen LogP contribution in [0.2, 0.25) is 0 Å². The molecule has 0 aromatic heterocycles. The standard InChI is InChI=1S/C26H28N2O6/c1-2-15-34-21-9-5-19(6-10-21)24(30)22-23(18-3-7-20(29)8-4-18)28(26(32)25(22)31)12-11-27-13-16-33-17-14-27/h2-10,23,29-30H,1,11-17H2/b24-22+. The van der Waals surface area contributed by atoms with E-state index in [1.54, 1.807) is 42.5 Å². The zero-order chi connectivity index (χ0) is 24.1. The molecule has 2 aromatic carbocycles. The number of morpholine rings is 1. The molecule has 1 amide bonds. The molecule has 0 saturated carbocycles. The number of quaternary nitrogens is 1. The quantitative estimate of drug-likeness (QED) is 0.249. The van der Waals surface area contributed by atoms with E-state index >= 15 is 0 Å². The molecule has 2 saturated heterocycles. The van der Waals surface area contributed by atoms with Crippen LogP contribution in [-0.4, -0.2) is 67.7 Å². The normalized spacial score (nSPS) is 20.5. The molecule has 0 aliphatic carbocycles. The lowest BCUT2D eigenvalue weighted by Crippen LogP contribution is -3.14. The molecule has 2 aliphatic heterocycles. The third-order valence-electron chi connectivity index (χ3n) is 6.13. The van der Waals surface area contributed by atoms with Gasteiger partial charge >= 0.3 is 0 Å². The van der Waals surface area contributed by atoms with Crippen LogP contribution in [0.1, 0.15) is 17.2 Å². The molecule has 1 atom stereocenters. The van der Waals surface area contributed by atoms with Crippen LogP contribution in [0, 0.1) is 0 Å². The number of amides is 1. The molecule has 0 spiro atoms. The van der Waals surface area contributed by atoms with E-state index in [-0.39, 0.29) is 11.3 Å². The number of nitrogens with one attached hydrogen (secondary N) is 1. The van der Waals surface area contributed by atoms with Gasteiger partial charge in [0.15, 0.2) is 0 Å². The largest absolute Gasteiger partial charge is 0.872 e. The number of ether oxygens (including phenoxy) is 2. The number of carbonyl (C=O) groups is 2. The number of hydrogen-bond donors (Lipinski definition) is 2. The van der Waals surface area contributed by atoms with E-state index in [1.807, 2.05) is 0 Å². The molecule has 0 bridgehead atoms. The average Bonchev–Trinajstić information content (AvgIpc) is 3.12. The zero-order valence-corrected chi connectivity index (χ0v) is 18.9. The van der Waals surface area contributed by atoms with Gasteiger partial charge in [0, 0.05) is 5.57 Å². The second-order valence-electron chi connectivity index (χ2n) is 8.30. The third kappa shape index (κ3) is 4.98. The molecule has 8 heteroatoms. The Balaban J connectivity index is 1.68. The molecule has 1 unspecified atom stereocenters. The summed E-state index contributed by atoms with van der Waals surface area (Å²) in [5.41, 5.74) is 0.822. The number of aromatic hydroxyl groups is 1. The molecular weight excluding hydrogens is 436 g/mol. The summed E-state index contributed by atoms with van der Waals surface area (Å²) in [6.45, 7) is 7.89. The van der Waals surface area contributed by atoms with Gasteiger partial charge in [0.05, 0.1) is 32.3 Å². The average molecular weight is 465 g/mol. The van der Waals surface area contributed by atoms with Crippen molar-refractivity contribution in [3.05, 3.63) is 77.9 Å². The van der Waals surface area contributed by atoms with Crippen molar-refractivity contribution >= 4 is 17.4 Å². The van der Waals surface area contributed by atoms with Gasteiger partial charge in [-0.15, -0.1) is 0 Å². The van der Waals surface area contributed by atoms with Gasteiger partial charge in [-0.2, -0.15) is 0 Å². The van der Waals surface area contributed by atoms with E-state index in [0.717, 1.165) is 13.1 Å². The van der Waals surface area contributed by atoms with Crippen molar-refractivity contribution in [2.75, 3.05) is 46.0 Å². The molecule has 178 valence electrons. The minimum Gasteiger partial charge on any atom is -0.872 e. The Hall–Kier alpha value is -3.62.